The summed E-state index contributed by atoms with van der Waals surface area (Å²) in [5, 5.41) is 4.55. The molecule has 39 heavy (non-hydrogen) atoms. The molecule has 2 heterocycles. The number of rotatable bonds is 2. The summed E-state index contributed by atoms with van der Waals surface area (Å²) in [6.45, 7) is 0. The molecule has 2 heteroatoms. The Labute approximate surface area is 224 Å². The molecule has 0 radical (unpaired) electrons. The molecule has 0 atom stereocenters. The van der Waals surface area contributed by atoms with E-state index in [1.165, 1.54) is 33.4 Å². The number of fused-ring (bicyclic) bond motifs is 9. The van der Waals surface area contributed by atoms with Gasteiger partial charge in [-0.05, 0) is 69.8 Å². The van der Waals surface area contributed by atoms with E-state index in [4.69, 9.17) is 8.83 Å². The first-order valence-corrected chi connectivity index (χ1v) is 13.4. The Kier molecular flexibility index (Phi) is 4.02. The minimum atomic E-state index is -0.494. The lowest BCUT2D eigenvalue weighted by molar-refractivity contribution is 0.667. The summed E-state index contributed by atoms with van der Waals surface area (Å²) >= 11 is 0. The Bertz CT molecular complexity index is 2080. The zero-order chi connectivity index (χ0) is 25.6. The molecule has 1 aliphatic rings. The van der Waals surface area contributed by atoms with Crippen molar-refractivity contribution in [1.82, 2.24) is 0 Å². The molecule has 0 N–H and O–H groups in total. The Morgan fingerprint density at radius 2 is 0.769 bits per heavy atom. The molecule has 182 valence electrons. The molecule has 6 aromatic carbocycles. The molecule has 0 amide bonds. The van der Waals surface area contributed by atoms with Gasteiger partial charge in [0.2, 0.25) is 0 Å². The Hall–Kier alpha value is -5.08. The molecule has 0 unspecified atom stereocenters. The number of benzene rings is 6. The van der Waals surface area contributed by atoms with Crippen molar-refractivity contribution in [1.29, 1.82) is 0 Å². The Balaban J connectivity index is 1.45. The zero-order valence-electron chi connectivity index (χ0n) is 21.0. The first-order valence-electron chi connectivity index (χ1n) is 13.4. The van der Waals surface area contributed by atoms with Gasteiger partial charge in [-0.25, -0.2) is 0 Å². The second-order valence-corrected chi connectivity index (χ2v) is 10.5. The third-order valence-corrected chi connectivity index (χ3v) is 8.57. The lowest BCUT2D eigenvalue weighted by atomic mass is 9.67. The lowest BCUT2D eigenvalue weighted by Crippen LogP contribution is -2.28. The van der Waals surface area contributed by atoms with Crippen molar-refractivity contribution in [2.45, 2.75) is 5.41 Å². The molecule has 0 aliphatic heterocycles. The van der Waals surface area contributed by atoms with Gasteiger partial charge in [0.25, 0.3) is 0 Å². The summed E-state index contributed by atoms with van der Waals surface area (Å²) in [4.78, 5) is 0. The van der Waals surface area contributed by atoms with Gasteiger partial charge in [0.1, 0.15) is 22.3 Å². The highest BCUT2D eigenvalue weighted by molar-refractivity contribution is 6.07. The van der Waals surface area contributed by atoms with E-state index < -0.39 is 5.41 Å². The summed E-state index contributed by atoms with van der Waals surface area (Å²) in [6.07, 6.45) is 0. The van der Waals surface area contributed by atoms with E-state index in [0.717, 1.165) is 43.9 Å². The third kappa shape index (κ3) is 2.65. The number of hydrogen-bond donors (Lipinski definition) is 0. The maximum Gasteiger partial charge on any atom is 0.135 e. The van der Waals surface area contributed by atoms with Crippen LogP contribution in [0.4, 0.5) is 0 Å². The van der Waals surface area contributed by atoms with Crippen LogP contribution in [-0.4, -0.2) is 0 Å². The predicted octanol–water partition coefficient (Wildman–Crippen LogP) is 9.85. The van der Waals surface area contributed by atoms with Crippen molar-refractivity contribution in [3.8, 4) is 11.1 Å². The minimum Gasteiger partial charge on any atom is -0.456 e. The topological polar surface area (TPSA) is 26.3 Å². The molecule has 0 saturated carbocycles. The summed E-state index contributed by atoms with van der Waals surface area (Å²) in [7, 11) is 0. The van der Waals surface area contributed by atoms with Crippen molar-refractivity contribution in [3.05, 3.63) is 156 Å². The first kappa shape index (κ1) is 20.9. The van der Waals surface area contributed by atoms with Gasteiger partial charge in [-0.3, -0.25) is 0 Å². The number of hydrogen-bond acceptors (Lipinski definition) is 2. The van der Waals surface area contributed by atoms with Crippen molar-refractivity contribution in [3.63, 3.8) is 0 Å². The fourth-order valence-electron chi connectivity index (χ4n) is 6.94. The van der Waals surface area contributed by atoms with E-state index in [9.17, 15) is 0 Å². The Morgan fingerprint density at radius 1 is 0.359 bits per heavy atom. The largest absolute Gasteiger partial charge is 0.456 e. The second-order valence-electron chi connectivity index (χ2n) is 10.5. The summed E-state index contributed by atoms with van der Waals surface area (Å²) < 4.78 is 12.5. The maximum atomic E-state index is 6.23. The molecule has 1 aliphatic carbocycles. The highest BCUT2D eigenvalue weighted by Gasteiger charge is 2.46. The van der Waals surface area contributed by atoms with E-state index in [1.54, 1.807) is 0 Å². The average molecular weight is 499 g/mol. The van der Waals surface area contributed by atoms with Crippen molar-refractivity contribution >= 4 is 43.9 Å². The van der Waals surface area contributed by atoms with Gasteiger partial charge in [-0.1, -0.05) is 97.1 Å². The molecule has 2 aromatic heterocycles. The van der Waals surface area contributed by atoms with Crippen molar-refractivity contribution in [2.24, 2.45) is 0 Å². The predicted molar refractivity (Wildman–Crippen MR) is 158 cm³/mol. The van der Waals surface area contributed by atoms with Crippen LogP contribution in [0, 0.1) is 0 Å². The highest BCUT2D eigenvalue weighted by atomic mass is 16.3. The van der Waals surface area contributed by atoms with E-state index >= 15 is 0 Å². The Morgan fingerprint density at radius 3 is 1.28 bits per heavy atom. The second kappa shape index (κ2) is 7.49. The normalized spacial score (nSPS) is 13.8. The first-order chi connectivity index (χ1) is 19.3. The van der Waals surface area contributed by atoms with Crippen LogP contribution < -0.4 is 0 Å². The molecule has 2 nitrogen and oxygen atoms in total. The van der Waals surface area contributed by atoms with Gasteiger partial charge in [0, 0.05) is 21.5 Å². The van der Waals surface area contributed by atoms with Gasteiger partial charge in [-0.2, -0.15) is 0 Å². The van der Waals surface area contributed by atoms with E-state index in [1.807, 2.05) is 24.3 Å². The van der Waals surface area contributed by atoms with Gasteiger partial charge in [0.15, 0.2) is 0 Å². The van der Waals surface area contributed by atoms with Crippen LogP contribution in [0.3, 0.4) is 0 Å². The van der Waals surface area contributed by atoms with Gasteiger partial charge < -0.3 is 8.83 Å². The standard InChI is InChI=1S/C37H22O2/c1-5-13-31-25(9-1)26-10-2-6-14-32(26)37(31,23-17-19-35-29(21-23)27-11-3-7-15-33(27)38-35)24-18-20-36-30(22-24)28-12-4-8-16-34(28)39-36/h1-22H. The molecule has 9 rings (SSSR count). The maximum absolute atomic E-state index is 6.23. The fourth-order valence-corrected chi connectivity index (χ4v) is 6.94. The SMILES string of the molecule is c1ccc2c(c1)-c1ccccc1C2(c1ccc2oc3ccccc3c2c1)c1ccc2oc3ccccc3c2c1. The van der Waals surface area contributed by atoms with Crippen LogP contribution in [0.15, 0.2) is 142 Å². The molecule has 0 bridgehead atoms. The molecule has 0 fully saturated rings. The zero-order valence-corrected chi connectivity index (χ0v) is 21.0. The third-order valence-electron chi connectivity index (χ3n) is 8.57. The summed E-state index contributed by atoms with van der Waals surface area (Å²) in [5.41, 5.74) is 10.8. The highest BCUT2D eigenvalue weighted by Crippen LogP contribution is 2.57. The van der Waals surface area contributed by atoms with Gasteiger partial charge in [0.05, 0.1) is 5.41 Å². The van der Waals surface area contributed by atoms with Gasteiger partial charge >= 0.3 is 0 Å². The molecule has 8 aromatic rings. The van der Waals surface area contributed by atoms with Crippen LogP contribution >= 0.6 is 0 Å². The van der Waals surface area contributed by atoms with Crippen molar-refractivity contribution < 1.29 is 8.83 Å². The van der Waals surface area contributed by atoms with Crippen LogP contribution in [0.25, 0.3) is 55.0 Å². The van der Waals surface area contributed by atoms with Crippen LogP contribution in [0.5, 0.6) is 0 Å². The number of furan rings is 2. The summed E-state index contributed by atoms with van der Waals surface area (Å²) in [6, 6.07) is 47.8. The monoisotopic (exact) mass is 498 g/mol. The quantitative estimate of drug-likeness (QED) is 0.237. The fraction of sp³-hybridized carbons (Fsp3) is 0.0270. The van der Waals surface area contributed by atoms with E-state index in [2.05, 4.69) is 109 Å². The van der Waals surface area contributed by atoms with Crippen LogP contribution in [0.1, 0.15) is 22.3 Å². The molecule has 0 saturated heterocycles. The van der Waals surface area contributed by atoms with Crippen LogP contribution in [-0.2, 0) is 5.41 Å². The molecular weight excluding hydrogens is 476 g/mol. The molecular formula is C37H22O2. The van der Waals surface area contributed by atoms with Crippen LogP contribution in [0.2, 0.25) is 0 Å². The minimum absolute atomic E-state index is 0.494. The molecule has 0 spiro atoms. The average Bonchev–Trinajstić information content (AvgIpc) is 3.65. The van der Waals surface area contributed by atoms with Crippen molar-refractivity contribution in [2.75, 3.05) is 0 Å². The van der Waals surface area contributed by atoms with Gasteiger partial charge in [-0.15, -0.1) is 0 Å². The summed E-state index contributed by atoms with van der Waals surface area (Å²) in [5.74, 6) is 0. The lowest BCUT2D eigenvalue weighted by Gasteiger charge is -2.34. The number of para-hydroxylation sites is 2. The van der Waals surface area contributed by atoms with E-state index in [0.29, 0.717) is 0 Å². The van der Waals surface area contributed by atoms with E-state index in [-0.39, 0.29) is 0 Å². The smallest absolute Gasteiger partial charge is 0.135 e.